The smallest absolute Gasteiger partial charge is 0.416 e. The Kier molecular flexibility index (Phi) is 9.35. The van der Waals surface area contributed by atoms with Crippen LogP contribution in [0.2, 0.25) is 0 Å². The number of aromatic nitrogens is 4. The fourth-order valence-electron chi connectivity index (χ4n) is 4.89. The molecule has 5 aromatic rings. The number of halogens is 3. The largest absolute Gasteiger partial charge is 0.497 e. The fourth-order valence-corrected chi connectivity index (χ4v) is 4.89. The summed E-state index contributed by atoms with van der Waals surface area (Å²) in [5.41, 5.74) is 1.62. The number of nitrogens with one attached hydrogen (secondary N) is 2. The number of fused-ring (bicyclic) bond motifs is 3. The number of hydrogen-bond donors (Lipinski definition) is 2. The van der Waals surface area contributed by atoms with Crippen LogP contribution in [-0.4, -0.2) is 57.9 Å². The first kappa shape index (κ1) is 32.1. The van der Waals surface area contributed by atoms with Crippen LogP contribution in [0.1, 0.15) is 36.4 Å². The molecule has 0 saturated heterocycles. The second kappa shape index (κ2) is 13.4. The predicted octanol–water partition coefficient (Wildman–Crippen LogP) is 6.05. The Morgan fingerprint density at radius 2 is 1.67 bits per heavy atom. The second-order valence-corrected chi connectivity index (χ2v) is 10.7. The maximum atomic E-state index is 13.2. The lowest BCUT2D eigenvalue weighted by Crippen LogP contribution is -2.42. The minimum Gasteiger partial charge on any atom is -0.497 e. The highest BCUT2D eigenvalue weighted by Crippen LogP contribution is 2.31. The quantitative estimate of drug-likeness (QED) is 0.180. The van der Waals surface area contributed by atoms with Crippen molar-refractivity contribution in [3.63, 3.8) is 0 Å². The van der Waals surface area contributed by atoms with Crippen molar-refractivity contribution >= 4 is 28.5 Å². The molecular weight excluding hydrogens is 603 g/mol. The van der Waals surface area contributed by atoms with Crippen molar-refractivity contribution in [3.8, 4) is 17.2 Å². The molecule has 0 fully saturated rings. The number of anilines is 1. The van der Waals surface area contributed by atoms with Crippen LogP contribution in [0.15, 0.2) is 60.7 Å². The Labute approximate surface area is 263 Å². The van der Waals surface area contributed by atoms with Gasteiger partial charge in [-0.25, -0.2) is 14.8 Å². The van der Waals surface area contributed by atoms with Crippen molar-refractivity contribution in [3.05, 3.63) is 83.2 Å². The molecule has 0 unspecified atom stereocenters. The summed E-state index contributed by atoms with van der Waals surface area (Å²) in [7, 11) is 4.71. The lowest BCUT2D eigenvalue weighted by Gasteiger charge is -2.23. The summed E-state index contributed by atoms with van der Waals surface area (Å²) in [6.07, 6.45) is -4.46. The van der Waals surface area contributed by atoms with Crippen molar-refractivity contribution in [2.75, 3.05) is 26.6 Å². The van der Waals surface area contributed by atoms with Gasteiger partial charge in [-0.15, -0.1) is 5.10 Å². The molecule has 5 rings (SSSR count). The molecular formula is C32H34F3N7O4. The molecule has 0 spiro atoms. The fraction of sp³-hybridized carbons (Fsp3) is 0.312. The van der Waals surface area contributed by atoms with Crippen LogP contribution in [0, 0.1) is 0 Å². The normalized spacial score (nSPS) is 11.6. The van der Waals surface area contributed by atoms with Crippen LogP contribution in [0.4, 0.5) is 23.9 Å². The lowest BCUT2D eigenvalue weighted by atomic mass is 10.1. The van der Waals surface area contributed by atoms with Crippen LogP contribution < -0.4 is 24.8 Å². The van der Waals surface area contributed by atoms with Crippen LogP contribution >= 0.6 is 0 Å². The number of carbonyl (C=O) groups excluding carboxylic acids is 1. The zero-order valence-electron chi connectivity index (χ0n) is 26.0. The van der Waals surface area contributed by atoms with E-state index in [1.165, 1.54) is 17.0 Å². The SMILES string of the molecule is COc1ccc(CNc2nc3c(OC)cccc3c3nc(CN(Cc4ccc(C(F)(F)F)cc4)C(=O)NC(C)C)nn23)c(OC)c1. The van der Waals surface area contributed by atoms with E-state index in [0.717, 1.165) is 17.7 Å². The summed E-state index contributed by atoms with van der Waals surface area (Å²) in [6.45, 7) is 3.96. The molecule has 0 aliphatic rings. The lowest BCUT2D eigenvalue weighted by molar-refractivity contribution is -0.137. The number of urea groups is 1. The summed E-state index contributed by atoms with van der Waals surface area (Å²) in [4.78, 5) is 24.3. The van der Waals surface area contributed by atoms with Crippen LogP contribution in [-0.2, 0) is 25.8 Å². The number of benzene rings is 3. The monoisotopic (exact) mass is 637 g/mol. The Bertz CT molecular complexity index is 1840. The molecule has 0 bridgehead atoms. The molecule has 0 radical (unpaired) electrons. The van der Waals surface area contributed by atoms with Gasteiger partial charge in [0, 0.05) is 36.1 Å². The maximum absolute atomic E-state index is 13.2. The van der Waals surface area contributed by atoms with E-state index in [1.807, 2.05) is 38.1 Å². The van der Waals surface area contributed by atoms with Crippen molar-refractivity contribution in [2.24, 2.45) is 0 Å². The van der Waals surface area contributed by atoms with Crippen LogP contribution in [0.5, 0.6) is 17.2 Å². The Morgan fingerprint density at radius 3 is 2.33 bits per heavy atom. The number of para-hydroxylation sites is 1. The zero-order chi connectivity index (χ0) is 33.0. The van der Waals surface area contributed by atoms with Gasteiger partial charge in [0.2, 0.25) is 5.95 Å². The molecule has 11 nitrogen and oxygen atoms in total. The number of rotatable bonds is 11. The van der Waals surface area contributed by atoms with Gasteiger partial charge in [-0.1, -0.05) is 18.2 Å². The number of ether oxygens (including phenoxy) is 3. The van der Waals surface area contributed by atoms with Gasteiger partial charge in [0.05, 0.1) is 33.4 Å². The number of nitrogens with zero attached hydrogens (tertiary/aromatic N) is 5. The molecule has 0 aliphatic heterocycles. The maximum Gasteiger partial charge on any atom is 0.416 e. The van der Waals surface area contributed by atoms with E-state index < -0.39 is 17.8 Å². The van der Waals surface area contributed by atoms with Gasteiger partial charge in [-0.05, 0) is 55.8 Å². The second-order valence-electron chi connectivity index (χ2n) is 10.7. The third-order valence-electron chi connectivity index (χ3n) is 7.15. The predicted molar refractivity (Wildman–Crippen MR) is 166 cm³/mol. The van der Waals surface area contributed by atoms with E-state index in [4.69, 9.17) is 29.3 Å². The highest BCUT2D eigenvalue weighted by Gasteiger charge is 2.30. The standard InChI is InChI=1S/C32H34F3N7O4/c1-19(2)37-31(43)41(17-20-9-12-22(13-10-20)32(33,34)35)18-27-38-29-24-7-6-8-25(45-4)28(24)39-30(42(29)40-27)36-16-21-11-14-23(44-3)15-26(21)46-5/h6-15,19H,16-18H2,1-5H3,(H,36,39)(H,37,43). The molecule has 14 heteroatoms. The summed E-state index contributed by atoms with van der Waals surface area (Å²) in [5, 5.41) is 11.6. The number of amides is 2. The zero-order valence-corrected chi connectivity index (χ0v) is 26.0. The summed E-state index contributed by atoms with van der Waals surface area (Å²) in [5.74, 6) is 2.48. The van der Waals surface area contributed by atoms with Crippen molar-refractivity contribution < 1.29 is 32.2 Å². The van der Waals surface area contributed by atoms with Gasteiger partial charge in [-0.2, -0.15) is 17.7 Å². The summed E-state index contributed by atoms with van der Waals surface area (Å²) in [6, 6.07) is 15.1. The summed E-state index contributed by atoms with van der Waals surface area (Å²) < 4.78 is 57.4. The van der Waals surface area contributed by atoms with E-state index in [1.54, 1.807) is 38.0 Å². The van der Waals surface area contributed by atoms with Crippen molar-refractivity contribution in [1.29, 1.82) is 0 Å². The summed E-state index contributed by atoms with van der Waals surface area (Å²) >= 11 is 0. The Balaban J connectivity index is 1.52. The van der Waals surface area contributed by atoms with Gasteiger partial charge in [-0.3, -0.25) is 0 Å². The number of carbonyl (C=O) groups is 1. The van der Waals surface area contributed by atoms with Gasteiger partial charge in [0.25, 0.3) is 0 Å². The van der Waals surface area contributed by atoms with E-state index in [2.05, 4.69) is 10.6 Å². The first-order valence-corrected chi connectivity index (χ1v) is 14.4. The van der Waals surface area contributed by atoms with Crippen molar-refractivity contribution in [1.82, 2.24) is 29.8 Å². The molecule has 242 valence electrons. The van der Waals surface area contributed by atoms with E-state index in [-0.39, 0.29) is 19.1 Å². The Morgan fingerprint density at radius 1 is 0.935 bits per heavy atom. The average Bonchev–Trinajstić information content (AvgIpc) is 3.46. The first-order valence-electron chi connectivity index (χ1n) is 14.4. The molecule has 2 aromatic heterocycles. The van der Waals surface area contributed by atoms with Crippen LogP contribution in [0.3, 0.4) is 0 Å². The van der Waals surface area contributed by atoms with Gasteiger partial charge < -0.3 is 29.7 Å². The molecule has 3 aromatic carbocycles. The third kappa shape index (κ3) is 7.00. The number of alkyl halides is 3. The third-order valence-corrected chi connectivity index (χ3v) is 7.15. The highest BCUT2D eigenvalue weighted by atomic mass is 19.4. The molecule has 0 aliphatic carbocycles. The molecule has 0 saturated carbocycles. The van der Waals surface area contributed by atoms with Gasteiger partial charge >= 0.3 is 12.2 Å². The molecule has 0 atom stereocenters. The molecule has 2 heterocycles. The van der Waals surface area contributed by atoms with Crippen LogP contribution in [0.25, 0.3) is 16.6 Å². The Hall–Kier alpha value is -5.27. The minimum absolute atomic E-state index is 0.0292. The minimum atomic E-state index is -4.46. The topological polar surface area (TPSA) is 115 Å². The first-order chi connectivity index (χ1) is 22.0. The van der Waals surface area contributed by atoms with Gasteiger partial charge in [0.15, 0.2) is 11.5 Å². The number of hydrogen-bond acceptors (Lipinski definition) is 8. The van der Waals surface area contributed by atoms with Gasteiger partial charge in [0.1, 0.15) is 22.8 Å². The van der Waals surface area contributed by atoms with E-state index >= 15 is 0 Å². The van der Waals surface area contributed by atoms with Crippen molar-refractivity contribution in [2.45, 2.75) is 45.7 Å². The molecule has 2 N–H and O–H groups in total. The van der Waals surface area contributed by atoms with E-state index in [9.17, 15) is 18.0 Å². The highest BCUT2D eigenvalue weighted by molar-refractivity contribution is 5.96. The molecule has 2 amide bonds. The molecule has 46 heavy (non-hydrogen) atoms. The van der Waals surface area contributed by atoms with E-state index in [0.29, 0.717) is 57.7 Å². The average molecular weight is 638 g/mol. The number of methoxy groups -OCH3 is 3.